The van der Waals surface area contributed by atoms with Crippen molar-refractivity contribution in [1.29, 1.82) is 0 Å². The molecule has 0 heterocycles. The summed E-state index contributed by atoms with van der Waals surface area (Å²) in [7, 11) is 2.06. The van der Waals surface area contributed by atoms with E-state index in [-0.39, 0.29) is 0 Å². The van der Waals surface area contributed by atoms with Crippen LogP contribution in [0.1, 0.15) is 39.0 Å². The first-order valence-corrected chi connectivity index (χ1v) is 5.38. The van der Waals surface area contributed by atoms with Gasteiger partial charge in [-0.2, -0.15) is 0 Å². The second kappa shape index (κ2) is 5.29. The van der Waals surface area contributed by atoms with Crippen LogP contribution in [0.5, 0.6) is 0 Å². The molecule has 0 aromatic rings. The molecule has 1 aliphatic carbocycles. The fourth-order valence-electron chi connectivity index (χ4n) is 2.47. The summed E-state index contributed by atoms with van der Waals surface area (Å²) < 4.78 is 0. The Balaban J connectivity index is 2.34. The highest BCUT2D eigenvalue weighted by atomic mass is 14.9. The van der Waals surface area contributed by atoms with E-state index in [1.54, 1.807) is 0 Å². The molecule has 1 rings (SSSR count). The van der Waals surface area contributed by atoms with Gasteiger partial charge in [-0.05, 0) is 38.1 Å². The predicted octanol–water partition coefficient (Wildman–Crippen LogP) is 2.42. The number of hydrogen-bond acceptors (Lipinski definition) is 1. The minimum atomic E-state index is 0.654. The Kier molecular flexibility index (Phi) is 4.32. The fraction of sp³-hybridized carbons (Fsp3) is 0.833. The number of nitrogens with one attached hydrogen (secondary N) is 1. The second-order valence-corrected chi connectivity index (χ2v) is 4.32. The summed E-state index contributed by atoms with van der Waals surface area (Å²) in [4.78, 5) is 0. The van der Waals surface area contributed by atoms with Crippen LogP contribution in [0.25, 0.3) is 0 Å². The van der Waals surface area contributed by atoms with Crippen molar-refractivity contribution in [2.75, 3.05) is 7.05 Å². The van der Waals surface area contributed by atoms with Crippen molar-refractivity contribution in [2.45, 2.75) is 45.1 Å². The lowest BCUT2D eigenvalue weighted by Crippen LogP contribution is -2.32. The first-order chi connectivity index (χ1) is 6.27. The minimum absolute atomic E-state index is 0.654. The Bertz CT molecular complexity index is 180. The van der Waals surface area contributed by atoms with E-state index in [2.05, 4.69) is 25.2 Å². The largest absolute Gasteiger partial charge is 0.317 e. The van der Waals surface area contributed by atoms with E-state index in [1.807, 2.05) is 0 Å². The lowest BCUT2D eigenvalue weighted by molar-refractivity contribution is 0.354. The molecule has 13 heavy (non-hydrogen) atoms. The van der Waals surface area contributed by atoms with Crippen LogP contribution in [0.4, 0.5) is 0 Å². The third-order valence-electron chi connectivity index (χ3n) is 3.27. The molecule has 1 saturated carbocycles. The molecule has 1 fully saturated rings. The van der Waals surface area contributed by atoms with Gasteiger partial charge in [0.05, 0.1) is 0 Å². The molecule has 3 atom stereocenters. The average molecular weight is 179 g/mol. The highest BCUT2D eigenvalue weighted by Gasteiger charge is 2.27. The van der Waals surface area contributed by atoms with E-state index < -0.39 is 0 Å². The summed E-state index contributed by atoms with van der Waals surface area (Å²) in [5.41, 5.74) is 0. The third kappa shape index (κ3) is 3.04. The van der Waals surface area contributed by atoms with E-state index in [0.717, 1.165) is 24.7 Å². The van der Waals surface area contributed by atoms with Crippen LogP contribution in [0.3, 0.4) is 0 Å². The molecule has 0 radical (unpaired) electrons. The van der Waals surface area contributed by atoms with Gasteiger partial charge in [0, 0.05) is 12.5 Å². The van der Waals surface area contributed by atoms with E-state index in [4.69, 9.17) is 6.42 Å². The predicted molar refractivity (Wildman–Crippen MR) is 57.4 cm³/mol. The van der Waals surface area contributed by atoms with Crippen molar-refractivity contribution >= 4 is 0 Å². The van der Waals surface area contributed by atoms with Crippen LogP contribution in [0.15, 0.2) is 0 Å². The second-order valence-electron chi connectivity index (χ2n) is 4.32. The van der Waals surface area contributed by atoms with Gasteiger partial charge in [0.15, 0.2) is 0 Å². The molecule has 1 N–H and O–H groups in total. The number of hydrogen-bond donors (Lipinski definition) is 1. The van der Waals surface area contributed by atoms with Gasteiger partial charge >= 0.3 is 0 Å². The minimum Gasteiger partial charge on any atom is -0.317 e. The van der Waals surface area contributed by atoms with E-state index in [1.165, 1.54) is 19.3 Å². The van der Waals surface area contributed by atoms with Crippen LogP contribution in [-0.4, -0.2) is 13.1 Å². The molecule has 3 unspecified atom stereocenters. The van der Waals surface area contributed by atoms with Crippen molar-refractivity contribution in [3.8, 4) is 12.3 Å². The van der Waals surface area contributed by atoms with Crippen LogP contribution in [-0.2, 0) is 0 Å². The lowest BCUT2D eigenvalue weighted by Gasteiger charge is -2.22. The van der Waals surface area contributed by atoms with Gasteiger partial charge in [-0.25, -0.2) is 0 Å². The van der Waals surface area contributed by atoms with Gasteiger partial charge in [-0.3, -0.25) is 0 Å². The Morgan fingerprint density at radius 2 is 2.31 bits per heavy atom. The molecule has 74 valence electrons. The molecule has 0 amide bonds. The summed E-state index contributed by atoms with van der Waals surface area (Å²) in [6.07, 6.45) is 11.5. The monoisotopic (exact) mass is 179 g/mol. The molecule has 1 nitrogen and oxygen atoms in total. The van der Waals surface area contributed by atoms with Crippen LogP contribution < -0.4 is 5.32 Å². The molecule has 0 aromatic heterocycles. The van der Waals surface area contributed by atoms with Crippen molar-refractivity contribution in [3.05, 3.63) is 0 Å². The summed E-state index contributed by atoms with van der Waals surface area (Å²) >= 11 is 0. The zero-order valence-electron chi connectivity index (χ0n) is 8.84. The van der Waals surface area contributed by atoms with Gasteiger partial charge in [-0.1, -0.05) is 13.3 Å². The molecule has 0 saturated heterocycles. The number of rotatable bonds is 4. The molecular weight excluding hydrogens is 158 g/mol. The number of terminal acetylenes is 1. The highest BCUT2D eigenvalue weighted by Crippen LogP contribution is 2.33. The van der Waals surface area contributed by atoms with Crippen LogP contribution >= 0.6 is 0 Å². The maximum atomic E-state index is 5.28. The van der Waals surface area contributed by atoms with Crippen molar-refractivity contribution in [2.24, 2.45) is 11.8 Å². The van der Waals surface area contributed by atoms with Crippen LogP contribution in [0.2, 0.25) is 0 Å². The molecule has 0 bridgehead atoms. The molecule has 0 spiro atoms. The Morgan fingerprint density at radius 1 is 1.54 bits per heavy atom. The van der Waals surface area contributed by atoms with Gasteiger partial charge in [0.1, 0.15) is 0 Å². The molecule has 0 aliphatic heterocycles. The third-order valence-corrected chi connectivity index (χ3v) is 3.27. The highest BCUT2D eigenvalue weighted by molar-refractivity contribution is 4.89. The maximum Gasteiger partial charge on any atom is 0.0101 e. The zero-order chi connectivity index (χ0) is 9.68. The standard InChI is InChI=1S/C12H21N/c1-4-5-6-12(13-3)11-8-7-10(2)9-11/h1,10-13H,5-9H2,2-3H3. The topological polar surface area (TPSA) is 12.0 Å². The van der Waals surface area contributed by atoms with Crippen molar-refractivity contribution in [3.63, 3.8) is 0 Å². The quantitative estimate of drug-likeness (QED) is 0.654. The average Bonchev–Trinajstić information content (AvgIpc) is 2.54. The first kappa shape index (κ1) is 10.6. The van der Waals surface area contributed by atoms with Gasteiger partial charge in [0.25, 0.3) is 0 Å². The van der Waals surface area contributed by atoms with Crippen molar-refractivity contribution < 1.29 is 0 Å². The van der Waals surface area contributed by atoms with E-state index in [9.17, 15) is 0 Å². The van der Waals surface area contributed by atoms with Gasteiger partial charge in [0.2, 0.25) is 0 Å². The maximum absolute atomic E-state index is 5.28. The van der Waals surface area contributed by atoms with Crippen LogP contribution in [0, 0.1) is 24.2 Å². The fourth-order valence-corrected chi connectivity index (χ4v) is 2.47. The van der Waals surface area contributed by atoms with Gasteiger partial charge in [-0.15, -0.1) is 12.3 Å². The summed E-state index contributed by atoms with van der Waals surface area (Å²) in [5.74, 6) is 4.52. The first-order valence-electron chi connectivity index (χ1n) is 5.38. The lowest BCUT2D eigenvalue weighted by atomic mass is 9.93. The smallest absolute Gasteiger partial charge is 0.0101 e. The van der Waals surface area contributed by atoms with Gasteiger partial charge < -0.3 is 5.32 Å². The van der Waals surface area contributed by atoms with Crippen molar-refractivity contribution in [1.82, 2.24) is 5.32 Å². The SMILES string of the molecule is C#CCCC(NC)C1CCC(C)C1. The van der Waals surface area contributed by atoms with E-state index in [0.29, 0.717) is 6.04 Å². The normalized spacial score (nSPS) is 29.9. The summed E-state index contributed by atoms with van der Waals surface area (Å²) in [6.45, 7) is 2.36. The van der Waals surface area contributed by atoms with E-state index >= 15 is 0 Å². The molecular formula is C12H21N. The summed E-state index contributed by atoms with van der Waals surface area (Å²) in [5, 5.41) is 3.40. The molecule has 0 aromatic carbocycles. The zero-order valence-corrected chi connectivity index (χ0v) is 8.84. The molecule has 1 aliphatic rings. The summed E-state index contributed by atoms with van der Waals surface area (Å²) in [6, 6.07) is 0.654. The molecule has 1 heteroatoms. The Morgan fingerprint density at radius 3 is 2.77 bits per heavy atom. The Hall–Kier alpha value is -0.480. The Labute approximate surface area is 82.3 Å².